The third-order valence-electron chi connectivity index (χ3n) is 7.02. The number of esters is 1. The number of fused-ring (bicyclic) bond motifs is 5. The van der Waals surface area contributed by atoms with E-state index >= 15 is 0 Å². The number of methoxy groups -OCH3 is 1. The molecule has 0 bridgehead atoms. The molecular formula is C21H24BrFO4. The van der Waals surface area contributed by atoms with E-state index in [0.717, 1.165) is 18.4 Å². The molecule has 3 aliphatic carbocycles. The summed E-state index contributed by atoms with van der Waals surface area (Å²) in [6.45, 7) is 3.34. The number of alkyl halides is 1. The molecule has 1 aromatic carbocycles. The van der Waals surface area contributed by atoms with E-state index in [0.29, 0.717) is 18.4 Å². The molecule has 0 amide bonds. The second kappa shape index (κ2) is 6.66. The normalized spacial score (nSPS) is 37.4. The van der Waals surface area contributed by atoms with Crippen LogP contribution in [-0.4, -0.2) is 29.8 Å². The molecule has 0 heterocycles. The third kappa shape index (κ3) is 2.79. The maximum absolute atomic E-state index is 15.0. The van der Waals surface area contributed by atoms with Crippen molar-refractivity contribution in [3.05, 3.63) is 29.1 Å². The number of benzene rings is 1. The van der Waals surface area contributed by atoms with Gasteiger partial charge in [-0.05, 0) is 54.7 Å². The predicted molar refractivity (Wildman–Crippen MR) is 102 cm³/mol. The lowest BCUT2D eigenvalue weighted by Gasteiger charge is -2.51. The fourth-order valence-electron chi connectivity index (χ4n) is 5.87. The zero-order chi connectivity index (χ0) is 19.5. The fraction of sp³-hybridized carbons (Fsp3) is 0.619. The van der Waals surface area contributed by atoms with Crippen molar-refractivity contribution in [2.45, 2.75) is 56.4 Å². The van der Waals surface area contributed by atoms with Crippen LogP contribution < -0.4 is 4.74 Å². The highest BCUT2D eigenvalue weighted by Crippen LogP contribution is 2.61. The van der Waals surface area contributed by atoms with Crippen molar-refractivity contribution in [2.75, 3.05) is 7.11 Å². The predicted octanol–water partition coefficient (Wildman–Crippen LogP) is 4.17. The van der Waals surface area contributed by atoms with Gasteiger partial charge < -0.3 is 9.47 Å². The second-order valence-electron chi connectivity index (χ2n) is 8.34. The summed E-state index contributed by atoms with van der Waals surface area (Å²) in [5, 5.41) is 0. The first-order valence-electron chi connectivity index (χ1n) is 9.48. The van der Waals surface area contributed by atoms with Gasteiger partial charge in [-0.3, -0.25) is 9.59 Å². The lowest BCUT2D eigenvalue weighted by atomic mass is 9.54. The van der Waals surface area contributed by atoms with E-state index in [9.17, 15) is 14.0 Å². The molecule has 4 nitrogen and oxygen atoms in total. The van der Waals surface area contributed by atoms with E-state index in [1.54, 1.807) is 13.2 Å². The van der Waals surface area contributed by atoms with E-state index in [1.165, 1.54) is 6.92 Å². The molecule has 6 heteroatoms. The van der Waals surface area contributed by atoms with Gasteiger partial charge in [-0.2, -0.15) is 0 Å². The number of ether oxygens (including phenoxy) is 2. The Kier molecular flexibility index (Phi) is 4.70. The van der Waals surface area contributed by atoms with Crippen molar-refractivity contribution in [2.24, 2.45) is 17.3 Å². The Hall–Kier alpha value is -1.27. The fourth-order valence-corrected chi connectivity index (χ4v) is 6.79. The van der Waals surface area contributed by atoms with E-state index in [4.69, 9.17) is 9.47 Å². The van der Waals surface area contributed by atoms with Crippen LogP contribution in [0.3, 0.4) is 0 Å². The van der Waals surface area contributed by atoms with Gasteiger partial charge in [0.05, 0.1) is 10.9 Å². The Labute approximate surface area is 166 Å². The molecule has 6 atom stereocenters. The van der Waals surface area contributed by atoms with Crippen molar-refractivity contribution in [3.8, 4) is 5.75 Å². The van der Waals surface area contributed by atoms with Crippen molar-refractivity contribution in [1.82, 2.24) is 0 Å². The molecule has 3 aliphatic rings. The summed E-state index contributed by atoms with van der Waals surface area (Å²) in [7, 11) is 1.67. The zero-order valence-corrected chi connectivity index (χ0v) is 17.3. The van der Waals surface area contributed by atoms with Gasteiger partial charge in [-0.15, -0.1) is 0 Å². The van der Waals surface area contributed by atoms with Gasteiger partial charge in [0.15, 0.2) is 17.3 Å². The Bertz CT molecular complexity index is 810. The van der Waals surface area contributed by atoms with Gasteiger partial charge in [0, 0.05) is 25.4 Å². The standard InChI is InChI=1S/C21H24BrFO4/c1-10(24)27-16-7-6-11-12(19(16)23)4-5-13-14-8-15(22)20(25)21(14,2)9-17(26-3)18(11)13/h6-7,13-15,17-18H,4-5,8-9H2,1-3H3/t13-,14-,15+,17-,18+,21-/m0/s1. The SMILES string of the molecule is CO[C@H]1C[C@]2(C)C(=O)[C@H](Br)C[C@H]2[C@@H]2CCc3c(ccc(OC(C)=O)c3F)[C@H]21. The monoisotopic (exact) mass is 438 g/mol. The van der Waals surface area contributed by atoms with Crippen LogP contribution in [-0.2, 0) is 20.7 Å². The second-order valence-corrected chi connectivity index (χ2v) is 9.44. The lowest BCUT2D eigenvalue weighted by Crippen LogP contribution is -2.49. The van der Waals surface area contributed by atoms with Gasteiger partial charge in [-0.1, -0.05) is 28.9 Å². The molecule has 0 unspecified atom stereocenters. The van der Waals surface area contributed by atoms with Crippen molar-refractivity contribution < 1.29 is 23.5 Å². The molecular weight excluding hydrogens is 415 g/mol. The molecule has 4 rings (SSSR count). The topological polar surface area (TPSA) is 52.6 Å². The van der Waals surface area contributed by atoms with Crippen LogP contribution in [0.5, 0.6) is 5.75 Å². The molecule has 0 saturated heterocycles. The summed E-state index contributed by atoms with van der Waals surface area (Å²) in [6, 6.07) is 3.43. The number of hydrogen-bond donors (Lipinski definition) is 0. The maximum Gasteiger partial charge on any atom is 0.308 e. The highest BCUT2D eigenvalue weighted by atomic mass is 79.9. The van der Waals surface area contributed by atoms with Crippen LogP contribution in [0.15, 0.2) is 12.1 Å². The first kappa shape index (κ1) is 19.1. The number of carbonyl (C=O) groups excluding carboxylic acids is 2. The molecule has 2 saturated carbocycles. The van der Waals surface area contributed by atoms with Gasteiger partial charge >= 0.3 is 5.97 Å². The van der Waals surface area contributed by atoms with Gasteiger partial charge in [-0.25, -0.2) is 4.39 Å². The van der Waals surface area contributed by atoms with Crippen molar-refractivity contribution in [1.29, 1.82) is 0 Å². The first-order valence-corrected chi connectivity index (χ1v) is 10.4. The quantitative estimate of drug-likeness (QED) is 0.394. The molecule has 0 radical (unpaired) electrons. The average molecular weight is 439 g/mol. The summed E-state index contributed by atoms with van der Waals surface area (Å²) in [5.41, 5.74) is 1.18. The number of ketones is 1. The lowest BCUT2D eigenvalue weighted by molar-refractivity contribution is -0.134. The number of rotatable bonds is 2. The minimum atomic E-state index is -0.529. The van der Waals surface area contributed by atoms with Crippen LogP contribution in [0, 0.1) is 23.1 Å². The minimum absolute atomic E-state index is 0.00844. The number of Topliss-reactive ketones (excluding diaryl/α,β-unsaturated/α-hetero) is 1. The Morgan fingerprint density at radius 3 is 2.78 bits per heavy atom. The molecule has 0 N–H and O–H groups in total. The molecule has 146 valence electrons. The summed E-state index contributed by atoms with van der Waals surface area (Å²) < 4.78 is 25.8. The molecule has 2 fully saturated rings. The van der Waals surface area contributed by atoms with Gasteiger partial charge in [0.1, 0.15) is 0 Å². The number of hydrogen-bond acceptors (Lipinski definition) is 4. The van der Waals surface area contributed by atoms with Crippen molar-refractivity contribution >= 4 is 27.7 Å². The number of halogens is 2. The van der Waals surface area contributed by atoms with E-state index in [-0.39, 0.29) is 45.6 Å². The number of carbonyl (C=O) groups is 2. The Morgan fingerprint density at radius 1 is 1.37 bits per heavy atom. The molecule has 1 aromatic rings. The Balaban J connectivity index is 1.77. The minimum Gasteiger partial charge on any atom is -0.424 e. The molecule has 27 heavy (non-hydrogen) atoms. The van der Waals surface area contributed by atoms with Crippen LogP contribution >= 0.6 is 15.9 Å². The largest absolute Gasteiger partial charge is 0.424 e. The first-order chi connectivity index (χ1) is 12.8. The average Bonchev–Trinajstić information content (AvgIpc) is 2.86. The van der Waals surface area contributed by atoms with Crippen LogP contribution in [0.1, 0.15) is 50.2 Å². The summed E-state index contributed by atoms with van der Waals surface area (Å²) in [5.74, 6) is -0.0880. The van der Waals surface area contributed by atoms with Gasteiger partial charge in [0.25, 0.3) is 0 Å². The van der Waals surface area contributed by atoms with E-state index in [1.807, 2.05) is 6.07 Å². The molecule has 0 spiro atoms. The summed E-state index contributed by atoms with van der Waals surface area (Å²) in [6.07, 6.45) is 2.75. The van der Waals surface area contributed by atoms with E-state index < -0.39 is 11.8 Å². The molecule has 0 aliphatic heterocycles. The van der Waals surface area contributed by atoms with E-state index in [2.05, 4.69) is 22.9 Å². The zero-order valence-electron chi connectivity index (χ0n) is 15.8. The highest BCUT2D eigenvalue weighted by Gasteiger charge is 2.60. The smallest absolute Gasteiger partial charge is 0.308 e. The molecule has 0 aromatic heterocycles. The summed E-state index contributed by atoms with van der Waals surface area (Å²) >= 11 is 3.56. The van der Waals surface area contributed by atoms with Crippen molar-refractivity contribution in [3.63, 3.8) is 0 Å². The highest BCUT2D eigenvalue weighted by molar-refractivity contribution is 9.10. The summed E-state index contributed by atoms with van der Waals surface area (Å²) in [4.78, 5) is 24.0. The van der Waals surface area contributed by atoms with Gasteiger partial charge in [0.2, 0.25) is 0 Å². The third-order valence-corrected chi connectivity index (χ3v) is 7.81. The van der Waals surface area contributed by atoms with Crippen LogP contribution in [0.4, 0.5) is 4.39 Å². The maximum atomic E-state index is 15.0. The van der Waals surface area contributed by atoms with Crippen LogP contribution in [0.2, 0.25) is 0 Å². The van der Waals surface area contributed by atoms with Crippen LogP contribution in [0.25, 0.3) is 0 Å². The Morgan fingerprint density at radius 2 is 2.11 bits per heavy atom.